The van der Waals surface area contributed by atoms with Crippen LogP contribution < -0.4 is 0 Å². The molecule has 2 aromatic rings. The molecule has 0 bridgehead atoms. The Hall–Kier alpha value is -0.400. The second kappa shape index (κ2) is 6.79. The summed E-state index contributed by atoms with van der Waals surface area (Å²) >= 11 is 36.5. The molecule has 0 saturated carbocycles. The molecule has 1 heterocycles. The summed E-state index contributed by atoms with van der Waals surface area (Å²) in [7, 11) is 0. The van der Waals surface area contributed by atoms with Crippen LogP contribution in [0.25, 0.3) is 11.3 Å². The van der Waals surface area contributed by atoms with Crippen LogP contribution in [0.3, 0.4) is 0 Å². The molecule has 2 rings (SSSR count). The fraction of sp³-hybridized carbons (Fsp3) is 0.0769. The topological polar surface area (TPSA) is 36.7 Å². The highest BCUT2D eigenvalue weighted by atomic mass is 35.5. The van der Waals surface area contributed by atoms with Gasteiger partial charge in [0.2, 0.25) is 0 Å². The molecule has 21 heavy (non-hydrogen) atoms. The highest BCUT2D eigenvalue weighted by molar-refractivity contribution is 6.56. The Kier molecular flexibility index (Phi) is 5.48. The molecule has 0 unspecified atom stereocenters. The second-order valence-corrected chi connectivity index (χ2v) is 6.21. The lowest BCUT2D eigenvalue weighted by Crippen LogP contribution is -1.95. The SMILES string of the molecule is N#CCc1ccc(Cl)c(-c2c(Cl)c(Cl)c(Cl)c(Cl)c2Cl)n1. The highest BCUT2D eigenvalue weighted by Gasteiger charge is 2.23. The van der Waals surface area contributed by atoms with Gasteiger partial charge in [0, 0.05) is 5.56 Å². The zero-order valence-electron chi connectivity index (χ0n) is 10.0. The van der Waals surface area contributed by atoms with Gasteiger partial charge in [0.25, 0.3) is 0 Å². The van der Waals surface area contributed by atoms with Crippen LogP contribution in [0.15, 0.2) is 12.1 Å². The second-order valence-electron chi connectivity index (χ2n) is 3.91. The van der Waals surface area contributed by atoms with Crippen molar-refractivity contribution in [2.75, 3.05) is 0 Å². The van der Waals surface area contributed by atoms with Crippen LogP contribution >= 0.6 is 69.6 Å². The van der Waals surface area contributed by atoms with E-state index < -0.39 is 0 Å². The summed E-state index contributed by atoms with van der Waals surface area (Å²) in [6.45, 7) is 0. The Labute approximate surface area is 151 Å². The summed E-state index contributed by atoms with van der Waals surface area (Å²) < 4.78 is 0. The molecule has 8 heteroatoms. The third kappa shape index (κ3) is 3.19. The lowest BCUT2D eigenvalue weighted by Gasteiger charge is -2.13. The molecule has 0 aliphatic heterocycles. The molecule has 0 atom stereocenters. The summed E-state index contributed by atoms with van der Waals surface area (Å²) in [6, 6.07) is 5.23. The van der Waals surface area contributed by atoms with Gasteiger partial charge in [-0.1, -0.05) is 69.6 Å². The van der Waals surface area contributed by atoms with Crippen molar-refractivity contribution in [3.05, 3.63) is 48.0 Å². The predicted molar refractivity (Wildman–Crippen MR) is 89.0 cm³/mol. The largest absolute Gasteiger partial charge is 0.250 e. The number of hydrogen-bond acceptors (Lipinski definition) is 2. The van der Waals surface area contributed by atoms with Gasteiger partial charge in [-0.05, 0) is 12.1 Å². The van der Waals surface area contributed by atoms with E-state index in [0.29, 0.717) is 16.4 Å². The van der Waals surface area contributed by atoms with Gasteiger partial charge < -0.3 is 0 Å². The summed E-state index contributed by atoms with van der Waals surface area (Å²) in [5.41, 5.74) is 1.09. The van der Waals surface area contributed by atoms with Gasteiger partial charge in [0.15, 0.2) is 0 Å². The molecule has 0 aliphatic carbocycles. The Morgan fingerprint density at radius 2 is 1.38 bits per heavy atom. The van der Waals surface area contributed by atoms with E-state index in [-0.39, 0.29) is 37.1 Å². The van der Waals surface area contributed by atoms with E-state index in [1.807, 2.05) is 6.07 Å². The van der Waals surface area contributed by atoms with Crippen molar-refractivity contribution < 1.29 is 0 Å². The molecule has 2 nitrogen and oxygen atoms in total. The molecule has 0 amide bonds. The van der Waals surface area contributed by atoms with Crippen LogP contribution in [0.1, 0.15) is 5.69 Å². The number of nitriles is 1. The van der Waals surface area contributed by atoms with Crippen molar-refractivity contribution in [3.63, 3.8) is 0 Å². The van der Waals surface area contributed by atoms with Crippen LogP contribution in [-0.2, 0) is 6.42 Å². The van der Waals surface area contributed by atoms with Gasteiger partial charge in [-0.15, -0.1) is 0 Å². The minimum atomic E-state index is 0.0568. The Morgan fingerprint density at radius 3 is 1.90 bits per heavy atom. The van der Waals surface area contributed by atoms with Gasteiger partial charge in [-0.25, -0.2) is 0 Å². The quantitative estimate of drug-likeness (QED) is 0.413. The Balaban J connectivity index is 2.79. The molecule has 1 aromatic carbocycles. The van der Waals surface area contributed by atoms with Gasteiger partial charge >= 0.3 is 0 Å². The maximum absolute atomic E-state index is 8.75. The van der Waals surface area contributed by atoms with E-state index in [9.17, 15) is 0 Å². The first kappa shape index (κ1) is 17.0. The molecule has 0 fully saturated rings. The van der Waals surface area contributed by atoms with Gasteiger partial charge in [0.05, 0.1) is 54.0 Å². The number of aromatic nitrogens is 1. The Bertz CT molecular complexity index is 737. The number of halogens is 6. The maximum atomic E-state index is 8.75. The summed E-state index contributed by atoms with van der Waals surface area (Å²) in [5, 5.41) is 9.42. The standard InChI is InChI=1S/C13H4Cl6N2/c14-6-2-1-5(3-4-20)21-13(6)7-8(15)10(17)12(19)11(18)9(7)16/h1-2H,3H2. The normalized spacial score (nSPS) is 10.5. The van der Waals surface area contributed by atoms with Crippen molar-refractivity contribution >= 4 is 69.6 Å². The molecule has 0 saturated heterocycles. The fourth-order valence-electron chi connectivity index (χ4n) is 1.65. The number of benzene rings is 1. The average molecular weight is 401 g/mol. The van der Waals surface area contributed by atoms with E-state index >= 15 is 0 Å². The minimum absolute atomic E-state index is 0.0568. The maximum Gasteiger partial charge on any atom is 0.0922 e. The highest BCUT2D eigenvalue weighted by Crippen LogP contribution is 2.48. The number of nitrogens with zero attached hydrogens (tertiary/aromatic N) is 2. The third-order valence-electron chi connectivity index (χ3n) is 2.61. The fourth-order valence-corrected chi connectivity index (χ4v) is 3.17. The zero-order valence-corrected chi connectivity index (χ0v) is 14.6. The van der Waals surface area contributed by atoms with Crippen molar-refractivity contribution in [2.45, 2.75) is 6.42 Å². The third-order valence-corrected chi connectivity index (χ3v) is 5.19. The summed E-state index contributed by atoms with van der Waals surface area (Å²) in [5.74, 6) is 0. The van der Waals surface area contributed by atoms with Crippen LogP contribution in [0, 0.1) is 11.3 Å². The Morgan fingerprint density at radius 1 is 0.857 bits per heavy atom. The molecule has 108 valence electrons. The van der Waals surface area contributed by atoms with Crippen LogP contribution in [-0.4, -0.2) is 4.98 Å². The molecule has 0 aliphatic rings. The summed E-state index contributed by atoms with van der Waals surface area (Å²) in [6.07, 6.45) is 0.120. The first-order valence-electron chi connectivity index (χ1n) is 5.42. The minimum Gasteiger partial charge on any atom is -0.250 e. The van der Waals surface area contributed by atoms with Crippen molar-refractivity contribution in [1.82, 2.24) is 4.98 Å². The number of rotatable bonds is 2. The molecule has 0 spiro atoms. The molecule has 0 N–H and O–H groups in total. The predicted octanol–water partition coefficient (Wildman–Crippen LogP) is 6.74. The van der Waals surface area contributed by atoms with E-state index in [1.165, 1.54) is 0 Å². The molecule has 0 radical (unpaired) electrons. The number of hydrogen-bond donors (Lipinski definition) is 0. The molecule has 1 aromatic heterocycles. The summed E-state index contributed by atoms with van der Waals surface area (Å²) in [4.78, 5) is 4.28. The smallest absolute Gasteiger partial charge is 0.0922 e. The molecular weight excluding hydrogens is 397 g/mol. The molecular formula is C13H4Cl6N2. The van der Waals surface area contributed by atoms with Crippen LogP contribution in [0.4, 0.5) is 0 Å². The lowest BCUT2D eigenvalue weighted by atomic mass is 10.1. The van der Waals surface area contributed by atoms with E-state index in [1.54, 1.807) is 12.1 Å². The first-order valence-corrected chi connectivity index (χ1v) is 7.69. The van der Waals surface area contributed by atoms with Gasteiger partial charge in [0.1, 0.15) is 0 Å². The average Bonchev–Trinajstić information content (AvgIpc) is 2.47. The van der Waals surface area contributed by atoms with E-state index in [0.717, 1.165) is 0 Å². The van der Waals surface area contributed by atoms with Gasteiger partial charge in [-0.3, -0.25) is 4.98 Å². The monoisotopic (exact) mass is 398 g/mol. The van der Waals surface area contributed by atoms with E-state index in [4.69, 9.17) is 74.9 Å². The van der Waals surface area contributed by atoms with Crippen molar-refractivity contribution in [2.24, 2.45) is 0 Å². The first-order chi connectivity index (χ1) is 9.88. The van der Waals surface area contributed by atoms with Crippen molar-refractivity contribution in [1.29, 1.82) is 5.26 Å². The van der Waals surface area contributed by atoms with Gasteiger partial charge in [-0.2, -0.15) is 5.26 Å². The van der Waals surface area contributed by atoms with Crippen LogP contribution in [0.5, 0.6) is 0 Å². The zero-order chi connectivity index (χ0) is 15.7. The lowest BCUT2D eigenvalue weighted by molar-refractivity contribution is 1.12. The van der Waals surface area contributed by atoms with Crippen molar-refractivity contribution in [3.8, 4) is 17.3 Å². The van der Waals surface area contributed by atoms with Crippen LogP contribution in [0.2, 0.25) is 30.1 Å². The van der Waals surface area contributed by atoms with E-state index in [2.05, 4.69) is 4.98 Å². The number of pyridine rings is 1.